The molecule has 0 aliphatic rings. The fourth-order valence-corrected chi connectivity index (χ4v) is 2.12. The van der Waals surface area contributed by atoms with Gasteiger partial charge in [-0.1, -0.05) is 0 Å². The highest BCUT2D eigenvalue weighted by atomic mass is 16.5. The van der Waals surface area contributed by atoms with E-state index in [2.05, 4.69) is 10.1 Å². The van der Waals surface area contributed by atoms with Crippen LogP contribution in [0.15, 0.2) is 28.8 Å². The zero-order valence-electron chi connectivity index (χ0n) is 12.0. The van der Waals surface area contributed by atoms with Gasteiger partial charge in [0.1, 0.15) is 11.8 Å². The molecule has 0 aliphatic heterocycles. The number of aromatic nitrogens is 3. The lowest BCUT2D eigenvalue weighted by atomic mass is 10.2. The predicted octanol–water partition coefficient (Wildman–Crippen LogP) is 2.35. The minimum absolute atomic E-state index is 0.105. The fourth-order valence-electron chi connectivity index (χ4n) is 2.12. The summed E-state index contributed by atoms with van der Waals surface area (Å²) in [5.41, 5.74) is 2.09. The molecule has 22 heavy (non-hydrogen) atoms. The van der Waals surface area contributed by atoms with Crippen molar-refractivity contribution < 1.29 is 13.9 Å². The van der Waals surface area contributed by atoms with Gasteiger partial charge in [-0.2, -0.15) is 10.4 Å². The second-order valence-corrected chi connectivity index (χ2v) is 4.59. The quantitative estimate of drug-likeness (QED) is 0.689. The molecule has 0 amide bonds. The van der Waals surface area contributed by atoms with Gasteiger partial charge in [-0.05, 0) is 37.6 Å². The maximum absolute atomic E-state index is 11.9. The average molecular weight is 296 g/mol. The van der Waals surface area contributed by atoms with Crippen LogP contribution < -0.4 is 0 Å². The van der Waals surface area contributed by atoms with Crippen molar-refractivity contribution in [2.24, 2.45) is 0 Å². The molecule has 0 aromatic carbocycles. The maximum Gasteiger partial charge on any atom is 0.376 e. The highest BCUT2D eigenvalue weighted by Gasteiger charge is 2.18. The second-order valence-electron chi connectivity index (χ2n) is 4.59. The van der Waals surface area contributed by atoms with Crippen molar-refractivity contribution in [2.45, 2.75) is 13.8 Å². The standard InChI is InChI=1S/C15H12N4O3/c1-3-21-15(20)14-17-8-12-9(2)6-11(18-19(12)14)13-5-4-10(7-16)22-13/h4-6,8H,3H2,1-2H3. The molecule has 0 spiro atoms. The SMILES string of the molecule is CCOC(=O)c1ncc2c(C)cc(-c3ccc(C#N)o3)nn12. The Kier molecular flexibility index (Phi) is 3.35. The zero-order chi connectivity index (χ0) is 15.7. The number of nitrogens with zero attached hydrogens (tertiary/aromatic N) is 4. The van der Waals surface area contributed by atoms with Crippen LogP contribution in [0.25, 0.3) is 17.0 Å². The van der Waals surface area contributed by atoms with E-state index in [-0.39, 0.29) is 18.2 Å². The summed E-state index contributed by atoms with van der Waals surface area (Å²) < 4.78 is 11.8. The Balaban J connectivity index is 2.15. The number of carbonyl (C=O) groups excluding carboxylic acids is 1. The summed E-state index contributed by atoms with van der Waals surface area (Å²) in [5, 5.41) is 13.2. The van der Waals surface area contributed by atoms with E-state index in [0.29, 0.717) is 17.0 Å². The number of hydrogen-bond donors (Lipinski definition) is 0. The van der Waals surface area contributed by atoms with Crippen LogP contribution in [0.3, 0.4) is 0 Å². The van der Waals surface area contributed by atoms with Crippen LogP contribution in [0, 0.1) is 18.3 Å². The molecular formula is C15H12N4O3. The smallest absolute Gasteiger partial charge is 0.376 e. The van der Waals surface area contributed by atoms with Crippen molar-refractivity contribution in [1.29, 1.82) is 5.26 Å². The van der Waals surface area contributed by atoms with Crippen LogP contribution >= 0.6 is 0 Å². The van der Waals surface area contributed by atoms with Crippen molar-refractivity contribution in [1.82, 2.24) is 14.6 Å². The average Bonchev–Trinajstić information content (AvgIpc) is 3.14. The summed E-state index contributed by atoms with van der Waals surface area (Å²) in [4.78, 5) is 16.0. The van der Waals surface area contributed by atoms with Gasteiger partial charge in [-0.3, -0.25) is 0 Å². The summed E-state index contributed by atoms with van der Waals surface area (Å²) >= 11 is 0. The highest BCUT2D eigenvalue weighted by molar-refractivity contribution is 5.87. The van der Waals surface area contributed by atoms with Gasteiger partial charge in [0.05, 0.1) is 18.3 Å². The minimum Gasteiger partial charge on any atom is -0.460 e. The topological polar surface area (TPSA) is 93.4 Å². The third-order valence-electron chi connectivity index (χ3n) is 3.13. The maximum atomic E-state index is 11.9. The number of nitriles is 1. The Hall–Kier alpha value is -3.14. The molecule has 0 atom stereocenters. The van der Waals surface area contributed by atoms with Gasteiger partial charge in [0.15, 0.2) is 5.76 Å². The summed E-state index contributed by atoms with van der Waals surface area (Å²) in [6.07, 6.45) is 1.57. The number of ether oxygens (including phenoxy) is 1. The van der Waals surface area contributed by atoms with E-state index in [1.165, 1.54) is 4.52 Å². The molecule has 0 aliphatic carbocycles. The van der Waals surface area contributed by atoms with Crippen LogP contribution in [0.5, 0.6) is 0 Å². The van der Waals surface area contributed by atoms with E-state index in [0.717, 1.165) is 5.56 Å². The van der Waals surface area contributed by atoms with E-state index >= 15 is 0 Å². The molecule has 3 aromatic rings. The normalized spacial score (nSPS) is 10.6. The molecule has 110 valence electrons. The van der Waals surface area contributed by atoms with Crippen LogP contribution in [0.1, 0.15) is 28.9 Å². The molecule has 7 heteroatoms. The summed E-state index contributed by atoms with van der Waals surface area (Å²) in [6, 6.07) is 6.96. The first-order valence-electron chi connectivity index (χ1n) is 6.67. The lowest BCUT2D eigenvalue weighted by Gasteiger charge is -2.04. The minimum atomic E-state index is -0.538. The lowest BCUT2D eigenvalue weighted by molar-refractivity contribution is 0.0509. The third-order valence-corrected chi connectivity index (χ3v) is 3.13. The molecule has 0 radical (unpaired) electrons. The third kappa shape index (κ3) is 2.20. The lowest BCUT2D eigenvalue weighted by Crippen LogP contribution is -2.11. The first-order valence-corrected chi connectivity index (χ1v) is 6.67. The predicted molar refractivity (Wildman–Crippen MR) is 76.1 cm³/mol. The number of carbonyl (C=O) groups is 1. The Morgan fingerprint density at radius 2 is 2.32 bits per heavy atom. The molecule has 3 heterocycles. The molecule has 7 nitrogen and oxygen atoms in total. The van der Waals surface area contributed by atoms with E-state index in [1.54, 1.807) is 25.3 Å². The molecule has 0 fully saturated rings. The Morgan fingerprint density at radius 1 is 1.50 bits per heavy atom. The molecule has 0 unspecified atom stereocenters. The number of fused-ring (bicyclic) bond motifs is 1. The molecule has 0 saturated heterocycles. The highest BCUT2D eigenvalue weighted by Crippen LogP contribution is 2.23. The summed E-state index contributed by atoms with van der Waals surface area (Å²) in [7, 11) is 0. The van der Waals surface area contributed by atoms with Crippen LogP contribution in [0.2, 0.25) is 0 Å². The monoisotopic (exact) mass is 296 g/mol. The van der Waals surface area contributed by atoms with Gasteiger partial charge >= 0.3 is 5.97 Å². The number of aryl methyl sites for hydroxylation is 1. The number of imidazole rings is 1. The number of hydrogen-bond acceptors (Lipinski definition) is 6. The van der Waals surface area contributed by atoms with Crippen LogP contribution in [0.4, 0.5) is 0 Å². The molecule has 0 saturated carbocycles. The summed E-state index contributed by atoms with van der Waals surface area (Å²) in [5.74, 6) is 0.216. The Labute approximate surface area is 125 Å². The fraction of sp³-hybridized carbons (Fsp3) is 0.200. The van der Waals surface area contributed by atoms with E-state index in [4.69, 9.17) is 14.4 Å². The van der Waals surface area contributed by atoms with E-state index < -0.39 is 5.97 Å². The van der Waals surface area contributed by atoms with Crippen LogP contribution in [-0.4, -0.2) is 27.2 Å². The van der Waals surface area contributed by atoms with Crippen molar-refractivity contribution in [2.75, 3.05) is 6.61 Å². The van der Waals surface area contributed by atoms with Gasteiger partial charge in [0.25, 0.3) is 0 Å². The van der Waals surface area contributed by atoms with Gasteiger partial charge in [0, 0.05) is 0 Å². The van der Waals surface area contributed by atoms with Gasteiger partial charge in [-0.15, -0.1) is 0 Å². The molecule has 0 bridgehead atoms. The summed E-state index contributed by atoms with van der Waals surface area (Å²) in [6.45, 7) is 3.87. The number of rotatable bonds is 3. The first-order chi connectivity index (χ1) is 10.6. The molecule has 0 N–H and O–H groups in total. The van der Waals surface area contributed by atoms with E-state index in [9.17, 15) is 4.79 Å². The largest absolute Gasteiger partial charge is 0.460 e. The van der Waals surface area contributed by atoms with Crippen LogP contribution in [-0.2, 0) is 4.74 Å². The molecular weight excluding hydrogens is 284 g/mol. The zero-order valence-corrected chi connectivity index (χ0v) is 12.0. The molecule has 3 rings (SSSR count). The second kappa shape index (κ2) is 5.33. The van der Waals surface area contributed by atoms with Crippen molar-refractivity contribution in [3.05, 3.63) is 41.5 Å². The molecule has 3 aromatic heterocycles. The number of esters is 1. The Morgan fingerprint density at radius 3 is 3.00 bits per heavy atom. The van der Waals surface area contributed by atoms with Gasteiger partial charge in [0.2, 0.25) is 11.6 Å². The van der Waals surface area contributed by atoms with Crippen molar-refractivity contribution >= 4 is 11.5 Å². The van der Waals surface area contributed by atoms with Gasteiger partial charge < -0.3 is 9.15 Å². The van der Waals surface area contributed by atoms with E-state index in [1.807, 2.05) is 19.1 Å². The first kappa shape index (κ1) is 13.8. The van der Waals surface area contributed by atoms with Crippen molar-refractivity contribution in [3.8, 4) is 17.5 Å². The van der Waals surface area contributed by atoms with Gasteiger partial charge in [-0.25, -0.2) is 14.3 Å². The Bertz CT molecular complexity index is 901. The number of furan rings is 1. The van der Waals surface area contributed by atoms with Crippen molar-refractivity contribution in [3.63, 3.8) is 0 Å².